The van der Waals surface area contributed by atoms with Crippen LogP contribution in [0.25, 0.3) is 0 Å². The first-order valence-corrected chi connectivity index (χ1v) is 4.73. The van der Waals surface area contributed by atoms with Crippen LogP contribution in [0.3, 0.4) is 0 Å². The van der Waals surface area contributed by atoms with Crippen LogP contribution >= 0.6 is 0 Å². The van der Waals surface area contributed by atoms with Gasteiger partial charge in [0.2, 0.25) is 0 Å². The summed E-state index contributed by atoms with van der Waals surface area (Å²) in [5.41, 5.74) is 2.30. The monoisotopic (exact) mass is 180 g/mol. The van der Waals surface area contributed by atoms with E-state index in [1.165, 1.54) is 0 Å². The highest BCUT2D eigenvalue weighted by Gasteiger charge is 2.06. The lowest BCUT2D eigenvalue weighted by Crippen LogP contribution is -1.94. The van der Waals surface area contributed by atoms with Gasteiger partial charge in [0, 0.05) is 5.92 Å². The first-order valence-electron chi connectivity index (χ1n) is 4.73. The van der Waals surface area contributed by atoms with Crippen molar-refractivity contribution in [3.05, 3.63) is 78.7 Å². The summed E-state index contributed by atoms with van der Waals surface area (Å²) < 4.78 is 0. The molecule has 0 atom stereocenters. The predicted molar refractivity (Wildman–Crippen MR) is 59.0 cm³/mol. The summed E-state index contributed by atoms with van der Waals surface area (Å²) in [6.45, 7) is 6.12. The van der Waals surface area contributed by atoms with Crippen LogP contribution in [-0.4, -0.2) is 0 Å². The van der Waals surface area contributed by atoms with Gasteiger partial charge in [0.05, 0.1) is 0 Å². The van der Waals surface area contributed by atoms with E-state index in [-0.39, 0.29) is 5.92 Å². The van der Waals surface area contributed by atoms with Crippen LogP contribution in [-0.2, 0) is 0 Å². The minimum atomic E-state index is -0.0163. The standard InChI is InChI=1S/C14H12/c1-12(13-8-4-2-5-9-13)14-10-6-3-7-11-14/h1-12H. The van der Waals surface area contributed by atoms with E-state index in [9.17, 15) is 0 Å². The maximum absolute atomic E-state index is 6.12. The minimum absolute atomic E-state index is 0.0163. The number of hydrogen-bond acceptors (Lipinski definition) is 0. The Morgan fingerprint density at radius 2 is 1.00 bits per heavy atom. The average Bonchev–Trinajstić information content (AvgIpc) is 2.30. The third-order valence-electron chi connectivity index (χ3n) is 2.32. The molecule has 0 N–H and O–H groups in total. The van der Waals surface area contributed by atoms with E-state index in [1.54, 1.807) is 0 Å². The topological polar surface area (TPSA) is 0 Å². The smallest absolute Gasteiger partial charge is 0.0124 e. The lowest BCUT2D eigenvalue weighted by atomic mass is 9.93. The van der Waals surface area contributed by atoms with Crippen molar-refractivity contribution < 1.29 is 0 Å². The lowest BCUT2D eigenvalue weighted by molar-refractivity contribution is 1.02. The summed E-state index contributed by atoms with van der Waals surface area (Å²) in [6, 6.07) is 20.3. The summed E-state index contributed by atoms with van der Waals surface area (Å²) >= 11 is 0. The molecule has 0 saturated carbocycles. The molecule has 0 fully saturated rings. The highest BCUT2D eigenvalue weighted by Crippen LogP contribution is 2.22. The molecule has 2 rings (SSSR count). The van der Waals surface area contributed by atoms with Gasteiger partial charge in [0.1, 0.15) is 0 Å². The molecule has 0 nitrogen and oxygen atoms in total. The Kier molecular flexibility index (Phi) is 2.64. The highest BCUT2D eigenvalue weighted by molar-refractivity contribution is 5.33. The Balaban J connectivity index is 2.30. The zero-order valence-electron chi connectivity index (χ0n) is 7.93. The van der Waals surface area contributed by atoms with E-state index < -0.39 is 0 Å². The zero-order valence-corrected chi connectivity index (χ0v) is 7.93. The summed E-state index contributed by atoms with van der Waals surface area (Å²) in [7, 11) is 0. The molecule has 2 aromatic carbocycles. The molecule has 2 radical (unpaired) electrons. The van der Waals surface area contributed by atoms with Gasteiger partial charge in [-0.25, -0.2) is 0 Å². The molecule has 0 aliphatic heterocycles. The van der Waals surface area contributed by atoms with Crippen molar-refractivity contribution in [1.29, 1.82) is 0 Å². The molecule has 0 aliphatic carbocycles. The predicted octanol–water partition coefficient (Wildman–Crippen LogP) is 3.53. The van der Waals surface area contributed by atoms with Gasteiger partial charge in [-0.3, -0.25) is 0 Å². The van der Waals surface area contributed by atoms with E-state index in [0.29, 0.717) is 0 Å². The van der Waals surface area contributed by atoms with Gasteiger partial charge in [-0.1, -0.05) is 60.7 Å². The maximum atomic E-state index is 6.12. The highest BCUT2D eigenvalue weighted by atomic mass is 14.1. The van der Waals surface area contributed by atoms with Crippen LogP contribution < -0.4 is 0 Å². The Hall–Kier alpha value is -1.56. The van der Waals surface area contributed by atoms with E-state index >= 15 is 0 Å². The Morgan fingerprint density at radius 1 is 0.643 bits per heavy atom. The molecular weight excluding hydrogens is 168 g/mol. The molecule has 0 saturated heterocycles. The Labute approximate surface area is 85.2 Å². The molecule has 0 bridgehead atoms. The van der Waals surface area contributed by atoms with Crippen molar-refractivity contribution in [2.45, 2.75) is 5.92 Å². The molecule has 68 valence electrons. The average molecular weight is 180 g/mol. The lowest BCUT2D eigenvalue weighted by Gasteiger charge is -2.11. The second-order valence-corrected chi connectivity index (χ2v) is 3.30. The molecule has 0 amide bonds. The number of hydrogen-bond donors (Lipinski definition) is 0. The number of rotatable bonds is 2. The van der Waals surface area contributed by atoms with E-state index in [4.69, 9.17) is 6.92 Å². The van der Waals surface area contributed by atoms with Crippen molar-refractivity contribution in [3.8, 4) is 0 Å². The molecule has 0 heterocycles. The van der Waals surface area contributed by atoms with E-state index in [1.807, 2.05) is 36.4 Å². The number of benzene rings is 2. The van der Waals surface area contributed by atoms with Gasteiger partial charge in [-0.15, -0.1) is 0 Å². The van der Waals surface area contributed by atoms with Crippen LogP contribution in [0.4, 0.5) is 0 Å². The van der Waals surface area contributed by atoms with Gasteiger partial charge in [0.15, 0.2) is 0 Å². The van der Waals surface area contributed by atoms with Crippen molar-refractivity contribution >= 4 is 0 Å². The summed E-state index contributed by atoms with van der Waals surface area (Å²) in [4.78, 5) is 0. The fourth-order valence-electron chi connectivity index (χ4n) is 1.51. The molecule has 0 aromatic heterocycles. The van der Waals surface area contributed by atoms with Crippen LogP contribution in [0.1, 0.15) is 17.0 Å². The molecule has 14 heavy (non-hydrogen) atoms. The minimum Gasteiger partial charge on any atom is -0.0622 e. The fraction of sp³-hybridized carbons (Fsp3) is 0.0714. The maximum Gasteiger partial charge on any atom is 0.0124 e. The van der Waals surface area contributed by atoms with Gasteiger partial charge >= 0.3 is 0 Å². The summed E-state index contributed by atoms with van der Waals surface area (Å²) in [5.74, 6) is -0.0163. The van der Waals surface area contributed by atoms with Crippen molar-refractivity contribution in [2.24, 2.45) is 0 Å². The first-order chi connectivity index (χ1) is 6.88. The van der Waals surface area contributed by atoms with Gasteiger partial charge < -0.3 is 0 Å². The second kappa shape index (κ2) is 4.10. The van der Waals surface area contributed by atoms with Crippen molar-refractivity contribution in [2.75, 3.05) is 0 Å². The van der Waals surface area contributed by atoms with Gasteiger partial charge in [0.25, 0.3) is 0 Å². The second-order valence-electron chi connectivity index (χ2n) is 3.30. The zero-order chi connectivity index (χ0) is 9.80. The first kappa shape index (κ1) is 9.01. The molecule has 0 heteroatoms. The fourth-order valence-corrected chi connectivity index (χ4v) is 1.51. The summed E-state index contributed by atoms with van der Waals surface area (Å²) in [5, 5.41) is 0. The largest absolute Gasteiger partial charge is 0.0622 e. The molecule has 2 aromatic rings. The van der Waals surface area contributed by atoms with Crippen LogP contribution in [0.2, 0.25) is 0 Å². The Morgan fingerprint density at radius 3 is 1.36 bits per heavy atom. The third-order valence-corrected chi connectivity index (χ3v) is 2.32. The quantitative estimate of drug-likeness (QED) is 0.663. The van der Waals surface area contributed by atoms with Crippen molar-refractivity contribution in [3.63, 3.8) is 0 Å². The SMILES string of the molecule is [CH]C(c1ccccc1)c1ccccc1. The normalized spacial score (nSPS) is 10.4. The van der Waals surface area contributed by atoms with Crippen molar-refractivity contribution in [1.82, 2.24) is 0 Å². The molecule has 0 spiro atoms. The summed E-state index contributed by atoms with van der Waals surface area (Å²) in [6.07, 6.45) is 0. The van der Waals surface area contributed by atoms with Gasteiger partial charge in [-0.05, 0) is 18.1 Å². The van der Waals surface area contributed by atoms with Crippen LogP contribution in [0.15, 0.2) is 60.7 Å². The van der Waals surface area contributed by atoms with Gasteiger partial charge in [-0.2, -0.15) is 0 Å². The van der Waals surface area contributed by atoms with Crippen LogP contribution in [0.5, 0.6) is 0 Å². The third kappa shape index (κ3) is 1.85. The Bertz CT molecular complexity index is 336. The van der Waals surface area contributed by atoms with E-state index in [0.717, 1.165) is 11.1 Å². The van der Waals surface area contributed by atoms with Crippen LogP contribution in [0, 0.1) is 6.92 Å². The van der Waals surface area contributed by atoms with E-state index in [2.05, 4.69) is 24.3 Å². The molecule has 0 unspecified atom stereocenters. The molecular formula is C14H12. The molecule has 0 aliphatic rings.